The number of aromatic carboxylic acids is 1. The van der Waals surface area contributed by atoms with E-state index >= 15 is 0 Å². The smallest absolute Gasteiger partial charge is 0.339 e. The van der Waals surface area contributed by atoms with Crippen LogP contribution in [0, 0.1) is 6.92 Å². The number of carboxylic acid groups (broad SMARTS) is 1. The number of carboxylic acids is 1. The average molecular weight is 370 g/mol. The molecule has 0 spiro atoms. The molecule has 128 valence electrons. The molecule has 1 amide bonds. The van der Waals surface area contributed by atoms with E-state index in [0.29, 0.717) is 28.0 Å². The van der Waals surface area contributed by atoms with E-state index in [4.69, 9.17) is 32.7 Å². The van der Waals surface area contributed by atoms with Crippen molar-refractivity contribution < 1.29 is 19.1 Å². The molecule has 0 aliphatic rings. The monoisotopic (exact) mass is 369 g/mol. The molecule has 1 N–H and O–H groups in total. The summed E-state index contributed by atoms with van der Waals surface area (Å²) in [6.45, 7) is 1.79. The van der Waals surface area contributed by atoms with Crippen molar-refractivity contribution in [3.8, 4) is 0 Å². The second-order valence-corrected chi connectivity index (χ2v) is 6.32. The normalized spacial score (nSPS) is 10.7. The van der Waals surface area contributed by atoms with Gasteiger partial charge < -0.3 is 14.4 Å². The highest BCUT2D eigenvalue weighted by atomic mass is 35.5. The first-order chi connectivity index (χ1) is 11.3. The van der Waals surface area contributed by atoms with Crippen molar-refractivity contribution in [3.05, 3.63) is 57.0 Å². The lowest BCUT2D eigenvalue weighted by molar-refractivity contribution is -0.130. The predicted octanol–water partition coefficient (Wildman–Crippen LogP) is 4.18. The minimum atomic E-state index is -1.05. The quantitative estimate of drug-likeness (QED) is 0.828. The SMILES string of the molecule is Cc1oc(CN(C)C(=O)CCc2ccc(Cl)cc2Cl)cc1C(=O)O. The van der Waals surface area contributed by atoms with Crippen LogP contribution in [0.25, 0.3) is 0 Å². The zero-order valence-corrected chi connectivity index (χ0v) is 14.8. The Hall–Kier alpha value is -1.98. The Bertz CT molecular complexity index is 770. The van der Waals surface area contributed by atoms with E-state index in [1.165, 1.54) is 11.0 Å². The molecule has 0 fully saturated rings. The van der Waals surface area contributed by atoms with E-state index in [-0.39, 0.29) is 24.4 Å². The second kappa shape index (κ2) is 7.73. The number of halogens is 2. The van der Waals surface area contributed by atoms with Gasteiger partial charge in [-0.15, -0.1) is 0 Å². The van der Waals surface area contributed by atoms with Crippen LogP contribution in [0.1, 0.15) is 33.9 Å². The fourth-order valence-corrected chi connectivity index (χ4v) is 2.82. The van der Waals surface area contributed by atoms with Crippen LogP contribution in [0.4, 0.5) is 0 Å². The summed E-state index contributed by atoms with van der Waals surface area (Å²) in [5, 5.41) is 10.1. The third-order valence-electron chi connectivity index (χ3n) is 3.64. The lowest BCUT2D eigenvalue weighted by Crippen LogP contribution is -2.26. The molecule has 0 bridgehead atoms. The number of hydrogen-bond donors (Lipinski definition) is 1. The summed E-state index contributed by atoms with van der Waals surface area (Å²) in [5.74, 6) is -0.377. The van der Waals surface area contributed by atoms with Crippen molar-refractivity contribution >= 4 is 35.1 Å². The predicted molar refractivity (Wildman–Crippen MR) is 91.7 cm³/mol. The molecular formula is C17H17Cl2NO4. The van der Waals surface area contributed by atoms with Gasteiger partial charge in [0, 0.05) is 23.5 Å². The van der Waals surface area contributed by atoms with Gasteiger partial charge in [-0.2, -0.15) is 0 Å². The topological polar surface area (TPSA) is 70.8 Å². The van der Waals surface area contributed by atoms with Gasteiger partial charge in [0.1, 0.15) is 17.1 Å². The van der Waals surface area contributed by atoms with Crippen LogP contribution in [-0.4, -0.2) is 28.9 Å². The summed E-state index contributed by atoms with van der Waals surface area (Å²) >= 11 is 11.9. The maximum absolute atomic E-state index is 12.2. The number of rotatable bonds is 6. The van der Waals surface area contributed by atoms with E-state index in [1.807, 2.05) is 0 Å². The van der Waals surface area contributed by atoms with E-state index < -0.39 is 5.97 Å². The number of benzene rings is 1. The standard InChI is InChI=1S/C17H17Cl2NO4/c1-10-14(17(22)23)8-13(24-10)9-20(2)16(21)6-4-11-3-5-12(18)7-15(11)19/h3,5,7-8H,4,6,9H2,1-2H3,(H,22,23). The Kier molecular flexibility index (Phi) is 5.91. The number of amides is 1. The number of carbonyl (C=O) groups is 2. The maximum atomic E-state index is 12.2. The van der Waals surface area contributed by atoms with Gasteiger partial charge >= 0.3 is 5.97 Å². The first-order valence-corrected chi connectivity index (χ1v) is 8.04. The number of carbonyl (C=O) groups excluding carboxylic acids is 1. The molecule has 0 saturated carbocycles. The van der Waals surface area contributed by atoms with Gasteiger partial charge in [-0.05, 0) is 37.1 Å². The molecule has 2 rings (SSSR count). The molecular weight excluding hydrogens is 353 g/mol. The van der Waals surface area contributed by atoms with Gasteiger partial charge in [0.05, 0.1) is 6.54 Å². The van der Waals surface area contributed by atoms with Crippen LogP contribution in [-0.2, 0) is 17.8 Å². The zero-order valence-electron chi connectivity index (χ0n) is 13.3. The summed E-state index contributed by atoms with van der Waals surface area (Å²) in [6.07, 6.45) is 0.778. The highest BCUT2D eigenvalue weighted by Crippen LogP contribution is 2.22. The van der Waals surface area contributed by atoms with Crippen molar-refractivity contribution in [2.24, 2.45) is 0 Å². The van der Waals surface area contributed by atoms with E-state index in [9.17, 15) is 9.59 Å². The van der Waals surface area contributed by atoms with Gasteiger partial charge in [-0.1, -0.05) is 29.3 Å². The van der Waals surface area contributed by atoms with Gasteiger partial charge in [-0.25, -0.2) is 4.79 Å². The molecule has 1 heterocycles. The second-order valence-electron chi connectivity index (χ2n) is 5.47. The molecule has 0 radical (unpaired) electrons. The van der Waals surface area contributed by atoms with Crippen LogP contribution >= 0.6 is 23.2 Å². The van der Waals surface area contributed by atoms with Gasteiger partial charge in [0.2, 0.25) is 5.91 Å². The first-order valence-electron chi connectivity index (χ1n) is 7.28. The Morgan fingerprint density at radius 2 is 1.96 bits per heavy atom. The fourth-order valence-electron chi connectivity index (χ4n) is 2.31. The van der Waals surface area contributed by atoms with E-state index in [0.717, 1.165) is 5.56 Å². The molecule has 24 heavy (non-hydrogen) atoms. The first kappa shape index (κ1) is 18.4. The lowest BCUT2D eigenvalue weighted by Gasteiger charge is -2.16. The largest absolute Gasteiger partial charge is 0.478 e. The molecule has 2 aromatic rings. The molecule has 1 aromatic carbocycles. The number of furan rings is 1. The molecule has 0 atom stereocenters. The van der Waals surface area contributed by atoms with Gasteiger partial charge in [-0.3, -0.25) is 4.79 Å². The zero-order chi connectivity index (χ0) is 17.9. The fraction of sp³-hybridized carbons (Fsp3) is 0.294. The summed E-state index contributed by atoms with van der Waals surface area (Å²) in [6, 6.07) is 6.62. The van der Waals surface area contributed by atoms with E-state index in [1.54, 1.807) is 32.2 Å². The molecule has 0 saturated heterocycles. The Morgan fingerprint density at radius 1 is 1.25 bits per heavy atom. The van der Waals surface area contributed by atoms with Crippen LogP contribution in [0.15, 0.2) is 28.7 Å². The summed E-state index contributed by atoms with van der Waals surface area (Å²) in [7, 11) is 1.64. The van der Waals surface area contributed by atoms with Gasteiger partial charge in [0.25, 0.3) is 0 Å². The highest BCUT2D eigenvalue weighted by Gasteiger charge is 2.17. The maximum Gasteiger partial charge on any atom is 0.339 e. The van der Waals surface area contributed by atoms with Crippen molar-refractivity contribution in [2.45, 2.75) is 26.3 Å². The van der Waals surface area contributed by atoms with Crippen molar-refractivity contribution in [1.29, 1.82) is 0 Å². The third kappa shape index (κ3) is 4.52. The molecule has 1 aromatic heterocycles. The Labute approximate surface area is 149 Å². The summed E-state index contributed by atoms with van der Waals surface area (Å²) in [5.41, 5.74) is 0.962. The van der Waals surface area contributed by atoms with Gasteiger partial charge in [0.15, 0.2) is 0 Å². The minimum Gasteiger partial charge on any atom is -0.478 e. The van der Waals surface area contributed by atoms with Crippen molar-refractivity contribution in [1.82, 2.24) is 4.90 Å². The van der Waals surface area contributed by atoms with Crippen LogP contribution in [0.3, 0.4) is 0 Å². The lowest BCUT2D eigenvalue weighted by atomic mass is 10.1. The molecule has 0 aliphatic heterocycles. The minimum absolute atomic E-state index is 0.0908. The highest BCUT2D eigenvalue weighted by molar-refractivity contribution is 6.35. The summed E-state index contributed by atoms with van der Waals surface area (Å²) < 4.78 is 5.38. The Morgan fingerprint density at radius 3 is 2.54 bits per heavy atom. The molecule has 0 aliphatic carbocycles. The molecule has 7 heteroatoms. The molecule has 5 nitrogen and oxygen atoms in total. The summed E-state index contributed by atoms with van der Waals surface area (Å²) in [4.78, 5) is 24.7. The van der Waals surface area contributed by atoms with Crippen LogP contribution < -0.4 is 0 Å². The molecule has 0 unspecified atom stereocenters. The Balaban J connectivity index is 1.94. The number of hydrogen-bond acceptors (Lipinski definition) is 3. The third-order valence-corrected chi connectivity index (χ3v) is 4.23. The number of aryl methyl sites for hydroxylation is 2. The van der Waals surface area contributed by atoms with E-state index in [2.05, 4.69) is 0 Å². The van der Waals surface area contributed by atoms with Crippen LogP contribution in [0.2, 0.25) is 10.0 Å². The van der Waals surface area contributed by atoms with Crippen molar-refractivity contribution in [3.63, 3.8) is 0 Å². The number of nitrogens with zero attached hydrogens (tertiary/aromatic N) is 1. The van der Waals surface area contributed by atoms with Crippen molar-refractivity contribution in [2.75, 3.05) is 7.05 Å². The average Bonchev–Trinajstić information content (AvgIpc) is 2.86. The van der Waals surface area contributed by atoms with Crippen LogP contribution in [0.5, 0.6) is 0 Å².